The zero-order valence-corrected chi connectivity index (χ0v) is 45.8. The van der Waals surface area contributed by atoms with Crippen LogP contribution in [0.25, 0.3) is 28.1 Å². The first-order valence-electron chi connectivity index (χ1n) is 24.4. The number of rotatable bonds is 10. The van der Waals surface area contributed by atoms with E-state index in [4.69, 9.17) is 54.6 Å². The van der Waals surface area contributed by atoms with Crippen molar-refractivity contribution >= 4 is 75.7 Å². The van der Waals surface area contributed by atoms with Crippen molar-refractivity contribution in [3.63, 3.8) is 0 Å². The van der Waals surface area contributed by atoms with Crippen LogP contribution in [0, 0.1) is 6.92 Å². The largest absolute Gasteiger partial charge is 0.514 e. The molecule has 12 rings (SSSR count). The molecule has 0 aromatic carbocycles. The van der Waals surface area contributed by atoms with E-state index >= 15 is 0 Å². The molecule has 11 aromatic rings. The molecule has 1 aliphatic heterocycles. The van der Waals surface area contributed by atoms with Crippen molar-refractivity contribution in [1.82, 2.24) is 68.7 Å². The Labute approximate surface area is 487 Å². The van der Waals surface area contributed by atoms with E-state index in [1.807, 2.05) is 150 Å². The molecule has 0 bridgehead atoms. The number of pyridine rings is 5. The number of aromatic nitrogens is 14. The van der Waals surface area contributed by atoms with Crippen molar-refractivity contribution in [3.8, 4) is 17.4 Å². The molecule has 81 heavy (non-hydrogen) atoms. The third-order valence-corrected chi connectivity index (χ3v) is 12.6. The van der Waals surface area contributed by atoms with Crippen molar-refractivity contribution in [2.45, 2.75) is 87.7 Å². The molecule has 0 atom stereocenters. The molecule has 20 nitrogen and oxygen atoms in total. The van der Waals surface area contributed by atoms with Crippen LogP contribution in [0.3, 0.4) is 0 Å². The van der Waals surface area contributed by atoms with Crippen LogP contribution in [0.4, 0.5) is 11.6 Å². The number of fused-ring (bicyclic) bond motifs is 3. The second-order valence-corrected chi connectivity index (χ2v) is 19.1. The molecule has 1 aliphatic rings. The Balaban J connectivity index is 0.000000193. The van der Waals surface area contributed by atoms with Crippen molar-refractivity contribution < 1.29 is 14.0 Å². The van der Waals surface area contributed by atoms with Crippen molar-refractivity contribution in [1.29, 1.82) is 0 Å². The molecule has 422 valence electrons. The number of ether oxygens (including phenoxy) is 1. The van der Waals surface area contributed by atoms with Gasteiger partial charge < -0.3 is 30.4 Å². The molecule has 0 radical (unpaired) electrons. The van der Waals surface area contributed by atoms with E-state index in [-0.39, 0.29) is 51.2 Å². The summed E-state index contributed by atoms with van der Waals surface area (Å²) in [6.07, 6.45) is 16.0. The number of aryl methyl sites for hydroxylation is 1. The molecule has 0 spiro atoms. The maximum Gasteiger partial charge on any atom is 0.514 e. The fourth-order valence-electron chi connectivity index (χ4n) is 7.29. The second-order valence-electron chi connectivity index (χ2n) is 18.0. The molecule has 0 unspecified atom stereocenters. The molecule has 1 saturated heterocycles. The highest BCUT2D eigenvalue weighted by atomic mass is 35.5. The lowest BCUT2D eigenvalue weighted by atomic mass is 9.84. The molecular formula is C57H67BCl3N17O3. The minimum absolute atomic E-state index is 0. The lowest BCUT2D eigenvalue weighted by Crippen LogP contribution is -2.41. The number of hydrogen-bond donors (Lipinski definition) is 3. The molecule has 4 N–H and O–H groups in total. The first-order chi connectivity index (χ1) is 37.7. The van der Waals surface area contributed by atoms with E-state index in [9.17, 15) is 0 Å². The summed E-state index contributed by atoms with van der Waals surface area (Å²) < 4.78 is 22.1. The van der Waals surface area contributed by atoms with Gasteiger partial charge in [0.1, 0.15) is 22.2 Å². The Morgan fingerprint density at radius 2 is 1.01 bits per heavy atom. The summed E-state index contributed by atoms with van der Waals surface area (Å²) in [5, 5.41) is 19.8. The number of halogens is 3. The van der Waals surface area contributed by atoms with Gasteiger partial charge in [0.15, 0.2) is 16.8 Å². The van der Waals surface area contributed by atoms with Crippen molar-refractivity contribution in [2.75, 3.05) is 17.7 Å². The summed E-state index contributed by atoms with van der Waals surface area (Å²) in [4.78, 5) is 33.3. The lowest BCUT2D eigenvalue weighted by molar-refractivity contribution is 0.00578. The first-order valence-corrected chi connectivity index (χ1v) is 25.5. The van der Waals surface area contributed by atoms with Gasteiger partial charge in [-0.15, -0.1) is 15.3 Å². The number of nitrogens with zero attached hydrogens (tertiary/aromatic N) is 14. The van der Waals surface area contributed by atoms with Crippen LogP contribution < -0.4 is 26.7 Å². The first kappa shape index (κ1) is 63.7. The monoisotopic (exact) mass is 1150 g/mol. The summed E-state index contributed by atoms with van der Waals surface area (Å²) in [5.41, 5.74) is 13.1. The summed E-state index contributed by atoms with van der Waals surface area (Å²) in [6, 6.07) is 34.4. The molecular weight excluding hydrogens is 1090 g/mol. The van der Waals surface area contributed by atoms with Gasteiger partial charge >= 0.3 is 7.12 Å². The van der Waals surface area contributed by atoms with Gasteiger partial charge in [-0.2, -0.15) is 4.98 Å². The quantitative estimate of drug-likeness (QED) is 0.108. The predicted molar refractivity (Wildman–Crippen MR) is 324 cm³/mol. The average Bonchev–Trinajstić information content (AvgIpc) is 4.50. The third kappa shape index (κ3) is 17.2. The Kier molecular flexibility index (Phi) is 23.5. The van der Waals surface area contributed by atoms with E-state index in [0.29, 0.717) is 42.2 Å². The topological polar surface area (TPSA) is 233 Å². The summed E-state index contributed by atoms with van der Waals surface area (Å²) in [6.45, 7) is 12.1. The molecule has 24 heteroatoms. The van der Waals surface area contributed by atoms with Crippen LogP contribution in [-0.2, 0) is 28.9 Å². The van der Waals surface area contributed by atoms with E-state index in [0.717, 1.165) is 56.2 Å². The summed E-state index contributed by atoms with van der Waals surface area (Å²) >= 11 is 17.2. The van der Waals surface area contributed by atoms with E-state index < -0.39 is 0 Å². The van der Waals surface area contributed by atoms with Gasteiger partial charge in [0.05, 0.1) is 23.9 Å². The molecule has 12 heterocycles. The zero-order chi connectivity index (χ0) is 55.1. The van der Waals surface area contributed by atoms with Gasteiger partial charge in [-0.25, -0.2) is 28.5 Å². The average molecular weight is 1160 g/mol. The van der Waals surface area contributed by atoms with Crippen LogP contribution in [0.1, 0.15) is 72.4 Å². The Morgan fingerprint density at radius 3 is 1.52 bits per heavy atom. The van der Waals surface area contributed by atoms with Crippen LogP contribution in [-0.4, -0.2) is 94.1 Å². The lowest BCUT2D eigenvalue weighted by Gasteiger charge is -2.32. The SMILES string of the molecule is C.C.C.COc1cccc(-c2nc(NCc3ccncc3)c3cccn3n2)n1.Cc1cccc(B2OC(C)(C)C(C)(C)O2)n1.Clc1nc(Cl)c2cccn2n1.Clc1nc(NCc2ccncc2)c2cccn2n1.NCc1ccncc1. The highest BCUT2D eigenvalue weighted by molar-refractivity contribution is 6.61. The summed E-state index contributed by atoms with van der Waals surface area (Å²) in [5.74, 6) is 2.52. The Hall–Kier alpha value is -8.18. The summed E-state index contributed by atoms with van der Waals surface area (Å²) in [7, 11) is 1.23. The highest BCUT2D eigenvalue weighted by Gasteiger charge is 2.52. The number of anilines is 2. The minimum Gasteiger partial charge on any atom is -0.481 e. The number of nitrogens with two attached hydrogens (primary N) is 1. The van der Waals surface area contributed by atoms with Crippen LogP contribution in [0.15, 0.2) is 165 Å². The highest BCUT2D eigenvalue weighted by Crippen LogP contribution is 2.36. The number of hydrogen-bond acceptors (Lipinski definition) is 17. The fraction of sp³-hybridized carbons (Fsp3) is 0.246. The van der Waals surface area contributed by atoms with Gasteiger partial charge in [0.2, 0.25) is 22.3 Å². The maximum absolute atomic E-state index is 5.92. The van der Waals surface area contributed by atoms with E-state index in [1.54, 1.807) is 70.1 Å². The fourth-order valence-corrected chi connectivity index (χ4v) is 7.89. The molecule has 1 fully saturated rings. The van der Waals surface area contributed by atoms with Crippen molar-refractivity contribution in [2.24, 2.45) is 5.73 Å². The third-order valence-electron chi connectivity index (χ3n) is 12.0. The minimum atomic E-state index is -0.357. The van der Waals surface area contributed by atoms with Crippen LogP contribution >= 0.6 is 34.8 Å². The smallest absolute Gasteiger partial charge is 0.481 e. The van der Waals surface area contributed by atoms with Gasteiger partial charge in [-0.1, -0.05) is 46.0 Å². The van der Waals surface area contributed by atoms with Crippen LogP contribution in [0.2, 0.25) is 15.7 Å². The number of methoxy groups -OCH3 is 1. The Morgan fingerprint density at radius 1 is 0.543 bits per heavy atom. The molecule has 0 saturated carbocycles. The van der Waals surface area contributed by atoms with Gasteiger partial charge in [-0.05, 0) is 166 Å². The molecule has 11 aromatic heterocycles. The van der Waals surface area contributed by atoms with Crippen molar-refractivity contribution in [3.05, 3.63) is 203 Å². The second kappa shape index (κ2) is 29.9. The number of nitrogens with one attached hydrogen (secondary N) is 2. The van der Waals surface area contributed by atoms with Crippen LogP contribution in [0.5, 0.6) is 5.88 Å². The Bertz CT molecular complexity index is 3650. The normalized spacial score (nSPS) is 12.5. The van der Waals surface area contributed by atoms with E-state index in [2.05, 4.69) is 65.8 Å². The van der Waals surface area contributed by atoms with Gasteiger partial charge in [0.25, 0.3) is 0 Å². The van der Waals surface area contributed by atoms with E-state index in [1.165, 1.54) is 0 Å². The maximum atomic E-state index is 5.92. The predicted octanol–water partition coefficient (Wildman–Crippen LogP) is 11.4. The van der Waals surface area contributed by atoms with Gasteiger partial charge in [0, 0.05) is 87.2 Å². The van der Waals surface area contributed by atoms with Gasteiger partial charge in [-0.3, -0.25) is 19.9 Å². The molecule has 0 aliphatic carbocycles. The zero-order valence-electron chi connectivity index (χ0n) is 43.5. The standard InChI is InChI=1S/C18H16N6O.C12H18BNO2.C12H10ClN5.C6H3Cl2N3.C6H8N2.3CH4/c1-25-16-6-2-4-14(21-16)17-22-18(15-5-3-11-24(15)23-17)20-12-13-7-9-19-10-8-13;1-9-7-6-8-10(14-9)13-15-11(2,3)12(4,5)16-13;13-12-16-11(10-2-1-7-18(10)17-12)15-8-9-3-5-14-6-4-9;7-5-4-2-1-3-11(4)10-6(8)9-5;7-5-6-1-3-8-4-2-6;;;/h2-11H,12H2,1H3,(H,20,22,23);6-8H,1-5H3;1-7H,8H2,(H,15,16,17);1-3H;1-4H,5,7H2;3*1H4. The molecule has 0 amide bonds.